The summed E-state index contributed by atoms with van der Waals surface area (Å²) in [6.45, 7) is 6.83. The topological polar surface area (TPSA) is 44.5 Å². The molecule has 1 aromatic rings. The Bertz CT molecular complexity index is 324. The number of anilines is 1. The minimum Gasteiger partial charge on any atom is -0.493 e. The first kappa shape index (κ1) is 12.7. The summed E-state index contributed by atoms with van der Waals surface area (Å²) in [7, 11) is 0. The van der Waals surface area contributed by atoms with Crippen LogP contribution in [0.1, 0.15) is 33.6 Å². The van der Waals surface area contributed by atoms with Gasteiger partial charge in [-0.05, 0) is 20.3 Å². The highest BCUT2D eigenvalue weighted by Crippen LogP contribution is 2.25. The molecular weight excluding hydrogens is 202 g/mol. The van der Waals surface area contributed by atoms with Crippen LogP contribution in [0.2, 0.25) is 0 Å². The molecule has 0 bridgehead atoms. The van der Waals surface area contributed by atoms with Crippen LogP contribution in [-0.4, -0.2) is 12.7 Å². The van der Waals surface area contributed by atoms with Crippen molar-refractivity contribution in [1.29, 1.82) is 0 Å². The smallest absolute Gasteiger partial charge is 0.125 e. The molecular formula is C13H21NO2. The van der Waals surface area contributed by atoms with E-state index in [2.05, 4.69) is 6.92 Å². The molecule has 3 nitrogen and oxygen atoms in total. The third kappa shape index (κ3) is 4.43. The van der Waals surface area contributed by atoms with E-state index in [-0.39, 0.29) is 6.10 Å². The number of hydrogen-bond acceptors (Lipinski definition) is 3. The molecule has 0 radical (unpaired) electrons. The van der Waals surface area contributed by atoms with E-state index in [0.29, 0.717) is 5.69 Å². The lowest BCUT2D eigenvalue weighted by Crippen LogP contribution is -2.06. The Morgan fingerprint density at radius 2 is 1.88 bits per heavy atom. The maximum absolute atomic E-state index is 5.78. The number of nitrogen functional groups attached to an aromatic ring is 1. The Morgan fingerprint density at radius 1 is 1.19 bits per heavy atom. The number of benzene rings is 1. The van der Waals surface area contributed by atoms with Crippen LogP contribution >= 0.6 is 0 Å². The Balaban J connectivity index is 2.65. The van der Waals surface area contributed by atoms with Gasteiger partial charge in [0.25, 0.3) is 0 Å². The van der Waals surface area contributed by atoms with E-state index in [0.717, 1.165) is 30.9 Å². The van der Waals surface area contributed by atoms with E-state index < -0.39 is 0 Å². The van der Waals surface area contributed by atoms with Gasteiger partial charge in [-0.1, -0.05) is 13.3 Å². The van der Waals surface area contributed by atoms with Crippen LogP contribution < -0.4 is 15.2 Å². The fraction of sp³-hybridized carbons (Fsp3) is 0.538. The summed E-state index contributed by atoms with van der Waals surface area (Å²) < 4.78 is 11.2. The van der Waals surface area contributed by atoms with E-state index in [9.17, 15) is 0 Å². The minimum atomic E-state index is 0.144. The summed E-state index contributed by atoms with van der Waals surface area (Å²) in [5, 5.41) is 0. The SMILES string of the molecule is CCCCOc1cc(N)cc(OC(C)C)c1. The molecule has 16 heavy (non-hydrogen) atoms. The maximum Gasteiger partial charge on any atom is 0.125 e. The second kappa shape index (κ2) is 6.26. The Morgan fingerprint density at radius 3 is 2.50 bits per heavy atom. The van der Waals surface area contributed by atoms with Crippen LogP contribution in [0.3, 0.4) is 0 Å². The average Bonchev–Trinajstić information content (AvgIpc) is 2.16. The van der Waals surface area contributed by atoms with Gasteiger partial charge >= 0.3 is 0 Å². The van der Waals surface area contributed by atoms with E-state index in [1.54, 1.807) is 0 Å². The van der Waals surface area contributed by atoms with Gasteiger partial charge in [-0.25, -0.2) is 0 Å². The van der Waals surface area contributed by atoms with Crippen molar-refractivity contribution >= 4 is 5.69 Å². The van der Waals surface area contributed by atoms with Crippen molar-refractivity contribution in [1.82, 2.24) is 0 Å². The molecule has 90 valence electrons. The van der Waals surface area contributed by atoms with Crippen molar-refractivity contribution in [3.8, 4) is 11.5 Å². The molecule has 0 aromatic heterocycles. The van der Waals surface area contributed by atoms with Gasteiger partial charge in [0.15, 0.2) is 0 Å². The monoisotopic (exact) mass is 223 g/mol. The van der Waals surface area contributed by atoms with Gasteiger partial charge in [0.2, 0.25) is 0 Å². The standard InChI is InChI=1S/C13H21NO2/c1-4-5-6-15-12-7-11(14)8-13(9-12)16-10(2)3/h7-10H,4-6,14H2,1-3H3. The van der Waals surface area contributed by atoms with Crippen molar-refractivity contribution in [2.75, 3.05) is 12.3 Å². The first-order valence-electron chi connectivity index (χ1n) is 5.82. The van der Waals surface area contributed by atoms with Gasteiger partial charge in [0.1, 0.15) is 11.5 Å². The number of unbranched alkanes of at least 4 members (excludes halogenated alkanes) is 1. The first-order valence-corrected chi connectivity index (χ1v) is 5.82. The second-order valence-corrected chi connectivity index (χ2v) is 4.11. The lowest BCUT2D eigenvalue weighted by molar-refractivity contribution is 0.240. The predicted molar refractivity (Wildman–Crippen MR) is 67.0 cm³/mol. The summed E-state index contributed by atoms with van der Waals surface area (Å²) in [6.07, 6.45) is 2.32. The van der Waals surface area contributed by atoms with Crippen molar-refractivity contribution in [2.24, 2.45) is 0 Å². The third-order valence-electron chi connectivity index (χ3n) is 2.04. The highest BCUT2D eigenvalue weighted by molar-refractivity contribution is 5.50. The molecule has 0 heterocycles. The summed E-state index contributed by atoms with van der Waals surface area (Å²) in [6, 6.07) is 5.52. The molecule has 0 saturated heterocycles. The first-order chi connectivity index (χ1) is 7.61. The van der Waals surface area contributed by atoms with Crippen LogP contribution in [-0.2, 0) is 0 Å². The van der Waals surface area contributed by atoms with Crippen LogP contribution in [0.15, 0.2) is 18.2 Å². The zero-order chi connectivity index (χ0) is 12.0. The van der Waals surface area contributed by atoms with Gasteiger partial charge in [-0.2, -0.15) is 0 Å². The van der Waals surface area contributed by atoms with Gasteiger partial charge in [0.05, 0.1) is 12.7 Å². The highest BCUT2D eigenvalue weighted by atomic mass is 16.5. The number of ether oxygens (including phenoxy) is 2. The normalized spacial score (nSPS) is 10.5. The van der Waals surface area contributed by atoms with Crippen molar-refractivity contribution in [2.45, 2.75) is 39.7 Å². The van der Waals surface area contributed by atoms with E-state index in [1.165, 1.54) is 0 Å². The average molecular weight is 223 g/mol. The molecule has 1 rings (SSSR count). The van der Waals surface area contributed by atoms with Gasteiger partial charge in [-0.15, -0.1) is 0 Å². The number of nitrogens with two attached hydrogens (primary N) is 1. The molecule has 0 aliphatic heterocycles. The Kier molecular flexibility index (Phi) is 4.96. The summed E-state index contributed by atoms with van der Waals surface area (Å²) in [5.74, 6) is 1.55. The zero-order valence-electron chi connectivity index (χ0n) is 10.3. The molecule has 2 N–H and O–H groups in total. The fourth-order valence-corrected chi connectivity index (χ4v) is 1.35. The lowest BCUT2D eigenvalue weighted by atomic mass is 10.3. The molecule has 0 atom stereocenters. The summed E-state index contributed by atoms with van der Waals surface area (Å²) >= 11 is 0. The van der Waals surface area contributed by atoms with Gasteiger partial charge in [-0.3, -0.25) is 0 Å². The van der Waals surface area contributed by atoms with Gasteiger partial charge < -0.3 is 15.2 Å². The Hall–Kier alpha value is -1.38. The van der Waals surface area contributed by atoms with Crippen molar-refractivity contribution < 1.29 is 9.47 Å². The zero-order valence-corrected chi connectivity index (χ0v) is 10.3. The third-order valence-corrected chi connectivity index (χ3v) is 2.04. The van der Waals surface area contributed by atoms with Crippen LogP contribution in [0, 0.1) is 0 Å². The van der Waals surface area contributed by atoms with Crippen molar-refractivity contribution in [3.63, 3.8) is 0 Å². The maximum atomic E-state index is 5.78. The molecule has 0 unspecified atom stereocenters. The summed E-state index contributed by atoms with van der Waals surface area (Å²) in [5.41, 5.74) is 6.45. The van der Waals surface area contributed by atoms with E-state index >= 15 is 0 Å². The van der Waals surface area contributed by atoms with Crippen molar-refractivity contribution in [3.05, 3.63) is 18.2 Å². The van der Waals surface area contributed by atoms with Crippen LogP contribution in [0.25, 0.3) is 0 Å². The predicted octanol–water partition coefficient (Wildman–Crippen LogP) is 3.23. The van der Waals surface area contributed by atoms with Gasteiger partial charge in [0, 0.05) is 23.9 Å². The quantitative estimate of drug-likeness (QED) is 0.595. The molecule has 0 fully saturated rings. The van der Waals surface area contributed by atoms with E-state index in [1.807, 2.05) is 32.0 Å². The molecule has 1 aromatic carbocycles. The molecule has 0 saturated carbocycles. The Labute approximate surface area is 97.6 Å². The highest BCUT2D eigenvalue weighted by Gasteiger charge is 2.02. The second-order valence-electron chi connectivity index (χ2n) is 4.11. The fourth-order valence-electron chi connectivity index (χ4n) is 1.35. The molecule has 0 aliphatic rings. The number of hydrogen-bond donors (Lipinski definition) is 1. The lowest BCUT2D eigenvalue weighted by Gasteiger charge is -2.12. The molecule has 3 heteroatoms. The molecule has 0 spiro atoms. The van der Waals surface area contributed by atoms with Crippen LogP contribution in [0.4, 0.5) is 5.69 Å². The van der Waals surface area contributed by atoms with Crippen LogP contribution in [0.5, 0.6) is 11.5 Å². The molecule has 0 amide bonds. The van der Waals surface area contributed by atoms with E-state index in [4.69, 9.17) is 15.2 Å². The molecule has 0 aliphatic carbocycles. The number of rotatable bonds is 6. The largest absolute Gasteiger partial charge is 0.493 e. The summed E-state index contributed by atoms with van der Waals surface area (Å²) in [4.78, 5) is 0. The minimum absolute atomic E-state index is 0.144.